The highest BCUT2D eigenvalue weighted by molar-refractivity contribution is 7.41. The summed E-state index contributed by atoms with van der Waals surface area (Å²) in [6.07, 6.45) is 37.6. The highest BCUT2D eigenvalue weighted by Crippen LogP contribution is 2.17. The number of hydrogen-bond donors (Lipinski definition) is 1. The first kappa shape index (κ1) is 31.1. The summed E-state index contributed by atoms with van der Waals surface area (Å²) in [6.45, 7) is 2.30. The third-order valence-corrected chi connectivity index (χ3v) is 7.49. The first-order valence-corrected chi connectivity index (χ1v) is 16.0. The van der Waals surface area contributed by atoms with Crippen LogP contribution >= 0.6 is 7.95 Å². The van der Waals surface area contributed by atoms with Crippen molar-refractivity contribution in [3.63, 3.8) is 0 Å². The predicted molar refractivity (Wildman–Crippen MR) is 142 cm³/mol. The largest absolute Gasteiger partial charge is 0.429 e. The van der Waals surface area contributed by atoms with Crippen LogP contribution in [-0.4, -0.2) is 6.16 Å². The Morgan fingerprint density at radius 1 is 0.387 bits per heavy atom. The molecule has 0 radical (unpaired) electrons. The second kappa shape index (κ2) is 28.1. The lowest BCUT2D eigenvalue weighted by atomic mass is 10.0. The summed E-state index contributed by atoms with van der Waals surface area (Å²) < 4.78 is 10.8. The van der Waals surface area contributed by atoms with E-state index < -0.39 is 7.95 Å². The minimum atomic E-state index is -1.40. The van der Waals surface area contributed by atoms with E-state index in [0.717, 1.165) is 6.42 Å². The molecule has 0 bridgehead atoms. The second-order valence-corrected chi connectivity index (χ2v) is 11.3. The van der Waals surface area contributed by atoms with E-state index in [1.165, 1.54) is 161 Å². The molecule has 2 N–H and O–H groups in total. The molecule has 1 atom stereocenters. The smallest absolute Gasteiger partial charge is 0.122 e. The Morgan fingerprint density at radius 2 is 0.581 bits per heavy atom. The number of rotatable bonds is 27. The molecule has 0 aromatic heterocycles. The van der Waals surface area contributed by atoms with E-state index in [9.17, 15) is 4.57 Å². The normalized spacial score (nSPS) is 11.9. The van der Waals surface area contributed by atoms with E-state index in [2.05, 4.69) is 6.92 Å². The van der Waals surface area contributed by atoms with Crippen molar-refractivity contribution in [2.24, 2.45) is 5.50 Å². The van der Waals surface area contributed by atoms with Crippen LogP contribution in [-0.2, 0) is 4.57 Å². The fraction of sp³-hybridized carbons (Fsp3) is 1.00. The van der Waals surface area contributed by atoms with Crippen molar-refractivity contribution in [1.29, 1.82) is 0 Å². The van der Waals surface area contributed by atoms with Crippen molar-refractivity contribution in [1.82, 2.24) is 0 Å². The molecule has 0 aromatic carbocycles. The number of hydrogen-bond acceptors (Lipinski definition) is 1. The van der Waals surface area contributed by atoms with Crippen LogP contribution in [0.25, 0.3) is 0 Å². The van der Waals surface area contributed by atoms with Crippen LogP contribution in [0.2, 0.25) is 0 Å². The summed E-state index contributed by atoms with van der Waals surface area (Å²) in [5.74, 6) is 0. The molecule has 0 fully saturated rings. The predicted octanol–water partition coefficient (Wildman–Crippen LogP) is 10.8. The molecule has 31 heavy (non-hydrogen) atoms. The molecule has 0 heterocycles. The molecular weight excluding hydrogens is 397 g/mol. The van der Waals surface area contributed by atoms with Gasteiger partial charge in [0.25, 0.3) is 0 Å². The first-order valence-electron chi connectivity index (χ1n) is 14.5. The van der Waals surface area contributed by atoms with Gasteiger partial charge in [0, 0.05) is 0 Å². The fourth-order valence-electron chi connectivity index (χ4n) is 4.58. The first-order chi connectivity index (χ1) is 15.3. The van der Waals surface area contributed by atoms with Crippen molar-refractivity contribution in [2.45, 2.75) is 174 Å². The Kier molecular flexibility index (Phi) is 28.1. The maximum absolute atomic E-state index is 10.8. The topological polar surface area (TPSA) is 43.1 Å². The Labute approximate surface area is 198 Å². The molecule has 0 amide bonds. The third kappa shape index (κ3) is 30.1. The Bertz CT molecular complexity index is 348. The van der Waals surface area contributed by atoms with Gasteiger partial charge in [-0.1, -0.05) is 166 Å². The van der Waals surface area contributed by atoms with Gasteiger partial charge in [-0.15, -0.1) is 5.50 Å². The van der Waals surface area contributed by atoms with Crippen molar-refractivity contribution < 1.29 is 4.57 Å². The molecule has 3 heteroatoms. The van der Waals surface area contributed by atoms with Crippen molar-refractivity contribution in [3.8, 4) is 0 Å². The van der Waals surface area contributed by atoms with Gasteiger partial charge in [0.05, 0.1) is 0 Å². The zero-order valence-electron chi connectivity index (χ0n) is 21.5. The van der Waals surface area contributed by atoms with Crippen LogP contribution < -0.4 is 5.50 Å². The highest BCUT2D eigenvalue weighted by Gasteiger charge is 2.05. The van der Waals surface area contributed by atoms with E-state index in [0.29, 0.717) is 6.16 Å². The van der Waals surface area contributed by atoms with Crippen molar-refractivity contribution >= 4 is 7.95 Å². The van der Waals surface area contributed by atoms with Crippen LogP contribution in [0, 0.1) is 0 Å². The summed E-state index contributed by atoms with van der Waals surface area (Å²) in [6, 6.07) is 0. The average Bonchev–Trinajstić information content (AvgIpc) is 2.76. The van der Waals surface area contributed by atoms with Gasteiger partial charge in [-0.2, -0.15) is 0 Å². The van der Waals surface area contributed by atoms with E-state index in [1.807, 2.05) is 0 Å². The fourth-order valence-corrected chi connectivity index (χ4v) is 5.12. The quantitative estimate of drug-likeness (QED) is 0.0986. The molecule has 0 saturated carbocycles. The molecule has 1 unspecified atom stereocenters. The Morgan fingerprint density at radius 3 is 0.774 bits per heavy atom. The molecule has 0 spiro atoms. The van der Waals surface area contributed by atoms with E-state index in [1.54, 1.807) is 0 Å². The SMILES string of the molecule is CCCCCCCCCCCCCCCCCCCCCCCCCCCC[P+](N)=O. The third-order valence-electron chi connectivity index (χ3n) is 6.73. The second-order valence-electron chi connectivity index (χ2n) is 9.98. The van der Waals surface area contributed by atoms with Crippen molar-refractivity contribution in [3.05, 3.63) is 0 Å². The van der Waals surface area contributed by atoms with Crippen LogP contribution in [0.3, 0.4) is 0 Å². The standard InChI is InChI=1S/C28H59NOP/c1-2-3-4-5-6-7-8-9-10-11-12-13-14-15-16-17-18-19-20-21-22-23-24-25-26-27-28-31(29)30/h2-28H2,1H3,(H2,29,30)/q+1. The lowest BCUT2D eigenvalue weighted by Gasteiger charge is -2.04. The zero-order valence-corrected chi connectivity index (χ0v) is 22.4. The minimum Gasteiger partial charge on any atom is -0.122 e. The molecule has 0 rings (SSSR count). The van der Waals surface area contributed by atoms with E-state index in [-0.39, 0.29) is 0 Å². The summed E-state index contributed by atoms with van der Waals surface area (Å²) in [7, 11) is -1.40. The van der Waals surface area contributed by atoms with Gasteiger partial charge in [-0.25, -0.2) is 0 Å². The molecule has 0 aliphatic rings. The van der Waals surface area contributed by atoms with Crippen LogP contribution in [0.1, 0.15) is 174 Å². The maximum Gasteiger partial charge on any atom is 0.429 e. The van der Waals surface area contributed by atoms with Gasteiger partial charge < -0.3 is 0 Å². The van der Waals surface area contributed by atoms with Gasteiger partial charge in [0.15, 0.2) is 6.16 Å². The van der Waals surface area contributed by atoms with Crippen molar-refractivity contribution in [2.75, 3.05) is 6.16 Å². The molecule has 0 aromatic rings. The summed E-state index contributed by atoms with van der Waals surface area (Å²) >= 11 is 0. The lowest BCUT2D eigenvalue weighted by Crippen LogP contribution is -1.87. The van der Waals surface area contributed by atoms with Crippen LogP contribution in [0.5, 0.6) is 0 Å². The van der Waals surface area contributed by atoms with E-state index >= 15 is 0 Å². The Balaban J connectivity index is 3.00. The summed E-state index contributed by atoms with van der Waals surface area (Å²) in [5.41, 5.74) is 5.30. The molecule has 0 aliphatic heterocycles. The summed E-state index contributed by atoms with van der Waals surface area (Å²) in [5, 5.41) is 0. The lowest BCUT2D eigenvalue weighted by molar-refractivity contribution is 0.516. The van der Waals surface area contributed by atoms with Gasteiger partial charge in [0.1, 0.15) is 0 Å². The summed E-state index contributed by atoms with van der Waals surface area (Å²) in [4.78, 5) is 0. The van der Waals surface area contributed by atoms with Gasteiger partial charge >= 0.3 is 7.95 Å². The zero-order chi connectivity index (χ0) is 22.7. The molecule has 0 aliphatic carbocycles. The molecular formula is C28H59NOP+. The maximum atomic E-state index is 10.8. The molecule has 186 valence electrons. The van der Waals surface area contributed by atoms with Gasteiger partial charge in [0.2, 0.25) is 0 Å². The van der Waals surface area contributed by atoms with E-state index in [4.69, 9.17) is 5.50 Å². The Hall–Kier alpha value is 0.0600. The van der Waals surface area contributed by atoms with Gasteiger partial charge in [-0.3, -0.25) is 0 Å². The minimum absolute atomic E-state index is 0.717. The number of unbranched alkanes of at least 4 members (excludes halogenated alkanes) is 25. The number of nitrogens with two attached hydrogens (primary N) is 1. The van der Waals surface area contributed by atoms with Gasteiger partial charge in [-0.05, 0) is 12.8 Å². The highest BCUT2D eigenvalue weighted by atomic mass is 31.1. The van der Waals surface area contributed by atoms with Crippen LogP contribution in [0.15, 0.2) is 0 Å². The molecule has 2 nitrogen and oxygen atoms in total. The monoisotopic (exact) mass is 456 g/mol. The molecule has 0 saturated heterocycles. The average molecular weight is 457 g/mol. The van der Waals surface area contributed by atoms with Crippen LogP contribution in [0.4, 0.5) is 0 Å².